The van der Waals surface area contributed by atoms with Gasteiger partial charge in [-0.05, 0) is 42.8 Å². The molecule has 1 unspecified atom stereocenters. The number of carbonyl (C=O) groups excluding carboxylic acids is 1. The number of hydrogen-bond acceptors (Lipinski definition) is 5. The first kappa shape index (κ1) is 19.9. The highest BCUT2D eigenvalue weighted by Crippen LogP contribution is 2.25. The number of aromatic amines is 1. The fraction of sp³-hybridized carbons (Fsp3) is 0.333. The molecule has 0 saturated heterocycles. The van der Waals surface area contributed by atoms with Crippen molar-refractivity contribution in [1.82, 2.24) is 20.3 Å². The van der Waals surface area contributed by atoms with E-state index < -0.39 is 0 Å². The summed E-state index contributed by atoms with van der Waals surface area (Å²) in [6, 6.07) is 7.57. The molecule has 6 nitrogen and oxygen atoms in total. The van der Waals surface area contributed by atoms with Gasteiger partial charge in [0.2, 0.25) is 5.91 Å². The van der Waals surface area contributed by atoms with Gasteiger partial charge in [-0.25, -0.2) is 4.98 Å². The van der Waals surface area contributed by atoms with Crippen LogP contribution in [0.15, 0.2) is 46.8 Å². The number of carbonyl (C=O) groups is 1. The maximum atomic E-state index is 12.7. The molecule has 0 bridgehead atoms. The second kappa shape index (κ2) is 8.93. The first-order chi connectivity index (χ1) is 13.4. The van der Waals surface area contributed by atoms with Crippen molar-refractivity contribution in [2.45, 2.75) is 39.7 Å². The molecular weight excluding hydrogens is 372 g/mol. The summed E-state index contributed by atoms with van der Waals surface area (Å²) in [6.07, 6.45) is 4.15. The van der Waals surface area contributed by atoms with Gasteiger partial charge in [0.05, 0.1) is 12.5 Å². The van der Waals surface area contributed by atoms with Gasteiger partial charge >= 0.3 is 0 Å². The molecule has 0 aromatic carbocycles. The van der Waals surface area contributed by atoms with Crippen LogP contribution in [0, 0.1) is 12.8 Å². The Kier molecular flexibility index (Phi) is 6.36. The molecule has 2 N–H and O–H groups in total. The van der Waals surface area contributed by atoms with Crippen LogP contribution in [0.4, 0.5) is 0 Å². The summed E-state index contributed by atoms with van der Waals surface area (Å²) in [5, 5.41) is 5.09. The van der Waals surface area contributed by atoms with Crippen LogP contribution >= 0.6 is 11.3 Å². The lowest BCUT2D eigenvalue weighted by molar-refractivity contribution is -0.121. The van der Waals surface area contributed by atoms with E-state index in [1.165, 1.54) is 0 Å². The fourth-order valence-electron chi connectivity index (χ4n) is 3.07. The van der Waals surface area contributed by atoms with Crippen molar-refractivity contribution in [3.63, 3.8) is 0 Å². The minimum atomic E-state index is -0.293. The normalized spacial score (nSPS) is 12.1. The average molecular weight is 397 g/mol. The van der Waals surface area contributed by atoms with Gasteiger partial charge in [0, 0.05) is 34.1 Å². The maximum absolute atomic E-state index is 12.7. The van der Waals surface area contributed by atoms with Gasteiger partial charge in [-0.2, -0.15) is 0 Å². The number of aryl methyl sites for hydroxylation is 1. The number of nitrogens with zero attached hydrogens (tertiary/aromatic N) is 2. The van der Waals surface area contributed by atoms with Crippen LogP contribution in [0.3, 0.4) is 0 Å². The third-order valence-corrected chi connectivity index (χ3v) is 5.41. The molecule has 0 spiro atoms. The van der Waals surface area contributed by atoms with E-state index in [0.29, 0.717) is 23.0 Å². The van der Waals surface area contributed by atoms with Crippen molar-refractivity contribution in [3.05, 3.63) is 68.5 Å². The van der Waals surface area contributed by atoms with E-state index in [1.807, 2.05) is 23.6 Å². The SMILES string of the molecule is Cc1nc(-c2cccnc2)[nH]c(=O)c1CC(=O)NC(CC(C)C)c1cccs1. The quantitative estimate of drug-likeness (QED) is 0.638. The molecule has 1 atom stereocenters. The van der Waals surface area contributed by atoms with E-state index in [2.05, 4.69) is 34.1 Å². The van der Waals surface area contributed by atoms with Crippen LogP contribution in [-0.4, -0.2) is 20.9 Å². The van der Waals surface area contributed by atoms with E-state index in [1.54, 1.807) is 36.7 Å². The van der Waals surface area contributed by atoms with E-state index in [0.717, 1.165) is 16.9 Å². The number of H-pyrrole nitrogens is 1. The average Bonchev–Trinajstić information content (AvgIpc) is 3.19. The predicted molar refractivity (Wildman–Crippen MR) is 111 cm³/mol. The molecule has 0 aliphatic rings. The van der Waals surface area contributed by atoms with Crippen molar-refractivity contribution in [1.29, 1.82) is 0 Å². The molecule has 1 amide bonds. The number of hydrogen-bond donors (Lipinski definition) is 2. The Morgan fingerprint density at radius 3 is 2.71 bits per heavy atom. The van der Waals surface area contributed by atoms with Crippen LogP contribution in [-0.2, 0) is 11.2 Å². The largest absolute Gasteiger partial charge is 0.348 e. The van der Waals surface area contributed by atoms with Crippen LogP contribution in [0.2, 0.25) is 0 Å². The van der Waals surface area contributed by atoms with E-state index in [9.17, 15) is 9.59 Å². The third kappa shape index (κ3) is 4.92. The van der Waals surface area contributed by atoms with Crippen LogP contribution in [0.25, 0.3) is 11.4 Å². The maximum Gasteiger partial charge on any atom is 0.255 e. The lowest BCUT2D eigenvalue weighted by atomic mass is 10.0. The molecule has 0 aliphatic heterocycles. The first-order valence-corrected chi connectivity index (χ1v) is 10.1. The molecule has 3 aromatic rings. The summed E-state index contributed by atoms with van der Waals surface area (Å²) < 4.78 is 0. The zero-order chi connectivity index (χ0) is 20.1. The van der Waals surface area contributed by atoms with E-state index in [-0.39, 0.29) is 23.9 Å². The first-order valence-electron chi connectivity index (χ1n) is 9.27. The number of aromatic nitrogens is 3. The summed E-state index contributed by atoms with van der Waals surface area (Å²) in [5.41, 5.74) is 1.38. The topological polar surface area (TPSA) is 87.7 Å². The minimum Gasteiger partial charge on any atom is -0.348 e. The molecule has 0 aliphatic carbocycles. The van der Waals surface area contributed by atoms with Gasteiger partial charge in [-0.1, -0.05) is 19.9 Å². The molecule has 3 heterocycles. The van der Waals surface area contributed by atoms with Gasteiger partial charge in [0.25, 0.3) is 5.56 Å². The van der Waals surface area contributed by atoms with Gasteiger partial charge in [-0.15, -0.1) is 11.3 Å². The number of nitrogens with one attached hydrogen (secondary N) is 2. The number of thiophene rings is 1. The van der Waals surface area contributed by atoms with Gasteiger partial charge in [0.1, 0.15) is 5.82 Å². The highest BCUT2D eigenvalue weighted by molar-refractivity contribution is 7.10. The summed E-state index contributed by atoms with van der Waals surface area (Å²) in [4.78, 5) is 37.6. The van der Waals surface area contributed by atoms with E-state index in [4.69, 9.17) is 0 Å². The molecule has 3 rings (SSSR count). The second-order valence-electron chi connectivity index (χ2n) is 7.16. The Balaban J connectivity index is 1.77. The predicted octanol–water partition coefficient (Wildman–Crippen LogP) is 3.65. The minimum absolute atomic E-state index is 0.00145. The standard InChI is InChI=1S/C21H24N4O2S/c1-13(2)10-17(18-7-5-9-28-18)24-19(26)11-16-14(3)23-20(25-21(16)27)15-6-4-8-22-12-15/h4-9,12-13,17H,10-11H2,1-3H3,(H,24,26)(H,23,25,27). The Hall–Kier alpha value is -2.80. The van der Waals surface area contributed by atoms with Gasteiger partial charge in [-0.3, -0.25) is 14.6 Å². The Morgan fingerprint density at radius 2 is 2.11 bits per heavy atom. The van der Waals surface area contributed by atoms with Crippen LogP contribution < -0.4 is 10.9 Å². The molecule has 3 aromatic heterocycles. The molecule has 0 fully saturated rings. The van der Waals surface area contributed by atoms with Crippen molar-refractivity contribution < 1.29 is 4.79 Å². The summed E-state index contributed by atoms with van der Waals surface area (Å²) in [5.74, 6) is 0.720. The van der Waals surface area contributed by atoms with Crippen LogP contribution in [0.1, 0.15) is 42.4 Å². The van der Waals surface area contributed by atoms with Crippen molar-refractivity contribution in [3.8, 4) is 11.4 Å². The Bertz CT molecular complexity index is 981. The molecule has 0 saturated carbocycles. The highest BCUT2D eigenvalue weighted by Gasteiger charge is 2.19. The summed E-state index contributed by atoms with van der Waals surface area (Å²) >= 11 is 1.63. The zero-order valence-corrected chi connectivity index (χ0v) is 17.0. The third-order valence-electron chi connectivity index (χ3n) is 4.42. The smallest absolute Gasteiger partial charge is 0.255 e. The van der Waals surface area contributed by atoms with Gasteiger partial charge < -0.3 is 10.3 Å². The van der Waals surface area contributed by atoms with Crippen molar-refractivity contribution in [2.24, 2.45) is 5.92 Å². The zero-order valence-electron chi connectivity index (χ0n) is 16.2. The van der Waals surface area contributed by atoms with Gasteiger partial charge in [0.15, 0.2) is 0 Å². The Labute approximate surface area is 168 Å². The molecule has 0 radical (unpaired) electrons. The lowest BCUT2D eigenvalue weighted by Gasteiger charge is -2.19. The monoisotopic (exact) mass is 396 g/mol. The number of pyridine rings is 1. The van der Waals surface area contributed by atoms with Crippen molar-refractivity contribution >= 4 is 17.2 Å². The Morgan fingerprint density at radius 1 is 1.29 bits per heavy atom. The fourth-order valence-corrected chi connectivity index (χ4v) is 3.86. The highest BCUT2D eigenvalue weighted by atomic mass is 32.1. The molecule has 28 heavy (non-hydrogen) atoms. The molecular formula is C21H24N4O2S. The van der Waals surface area contributed by atoms with Crippen molar-refractivity contribution in [2.75, 3.05) is 0 Å². The number of amides is 1. The summed E-state index contributed by atoms with van der Waals surface area (Å²) in [7, 11) is 0. The van der Waals surface area contributed by atoms with Crippen LogP contribution in [0.5, 0.6) is 0 Å². The van der Waals surface area contributed by atoms with E-state index >= 15 is 0 Å². The number of rotatable bonds is 7. The summed E-state index contributed by atoms with van der Waals surface area (Å²) in [6.45, 7) is 6.01. The molecule has 7 heteroatoms. The lowest BCUT2D eigenvalue weighted by Crippen LogP contribution is -2.32. The molecule has 146 valence electrons. The second-order valence-corrected chi connectivity index (χ2v) is 8.14.